The van der Waals surface area contributed by atoms with Crippen LogP contribution in [0.5, 0.6) is 5.75 Å². The van der Waals surface area contributed by atoms with Gasteiger partial charge in [0.15, 0.2) is 5.67 Å². The molecule has 5 heterocycles. The maximum atomic E-state index is 14.7. The van der Waals surface area contributed by atoms with Gasteiger partial charge in [0.25, 0.3) is 5.91 Å². The minimum atomic E-state index is -1.99. The predicted octanol–water partition coefficient (Wildman–Crippen LogP) is 5.44. The Bertz CT molecular complexity index is 2690. The highest BCUT2D eigenvalue weighted by Crippen LogP contribution is 2.41. The number of anilines is 2. The van der Waals surface area contributed by atoms with Crippen molar-refractivity contribution in [1.82, 2.24) is 40.3 Å². The summed E-state index contributed by atoms with van der Waals surface area (Å²) in [5, 5.41) is 20.0. The Labute approximate surface area is 444 Å². The van der Waals surface area contributed by atoms with Gasteiger partial charge in [-0.15, -0.1) is 11.3 Å². The van der Waals surface area contributed by atoms with E-state index in [0.29, 0.717) is 77.8 Å². The van der Waals surface area contributed by atoms with E-state index in [1.807, 2.05) is 31.2 Å². The number of hydrogen-bond donors (Lipinski definition) is 5. The number of piperazine rings is 1. The lowest BCUT2D eigenvalue weighted by Gasteiger charge is -2.39. The lowest BCUT2D eigenvalue weighted by Crippen LogP contribution is -2.59. The number of benzene rings is 2. The first-order valence-electron chi connectivity index (χ1n) is 25.2. The molecule has 4 aromatic rings. The number of aromatic nitrogens is 3. The molecular weight excluding hydrogens is 1010 g/mol. The molecule has 4 aliphatic rings. The normalized spacial score (nSPS) is 19.9. The van der Waals surface area contributed by atoms with Gasteiger partial charge in [0, 0.05) is 75.8 Å². The molecular formula is C52H67ClFN11O7S2. The Balaban J connectivity index is 0.814. The van der Waals surface area contributed by atoms with Crippen LogP contribution in [0.15, 0.2) is 64.2 Å². The van der Waals surface area contributed by atoms with Gasteiger partial charge in [-0.25, -0.2) is 19.3 Å². The third-order valence-corrected chi connectivity index (χ3v) is 16.9. The van der Waals surface area contributed by atoms with E-state index in [2.05, 4.69) is 47.6 Å². The smallest absolute Gasteiger partial charge is 0.258 e. The monoisotopic (exact) mass is 1080 g/mol. The first kappa shape index (κ1) is 54.8. The van der Waals surface area contributed by atoms with Crippen molar-refractivity contribution in [1.29, 1.82) is 0 Å². The summed E-state index contributed by atoms with van der Waals surface area (Å²) in [4.78, 5) is 89.8. The van der Waals surface area contributed by atoms with Crippen molar-refractivity contribution in [3.8, 4) is 16.2 Å². The van der Waals surface area contributed by atoms with Crippen LogP contribution in [0.1, 0.15) is 77.5 Å². The molecule has 2 aromatic carbocycles. The van der Waals surface area contributed by atoms with Gasteiger partial charge < -0.3 is 46.2 Å². The van der Waals surface area contributed by atoms with Crippen LogP contribution in [-0.4, -0.2) is 154 Å². The molecule has 2 unspecified atom stereocenters. The van der Waals surface area contributed by atoms with Crippen LogP contribution in [0.25, 0.3) is 10.4 Å². The highest BCUT2D eigenvalue weighted by Gasteiger charge is 2.53. The first-order valence-corrected chi connectivity index (χ1v) is 27.3. The van der Waals surface area contributed by atoms with Gasteiger partial charge in [0.2, 0.25) is 23.6 Å². The molecule has 22 heteroatoms. The van der Waals surface area contributed by atoms with Gasteiger partial charge in [-0.05, 0) is 73.7 Å². The number of β-amino-alcohol motifs (C(OH)–C–C–N with tert-alkyl or cyclic N) is 1. The van der Waals surface area contributed by atoms with E-state index in [-0.39, 0.29) is 50.1 Å². The number of carbonyl (C=O) groups is 5. The first-order chi connectivity index (χ1) is 35.2. The molecule has 0 radical (unpaired) electrons. The fourth-order valence-corrected chi connectivity index (χ4v) is 11.2. The lowest BCUT2D eigenvalue weighted by atomic mass is 9.80. The van der Waals surface area contributed by atoms with E-state index in [0.717, 1.165) is 47.9 Å². The Morgan fingerprint density at radius 2 is 1.76 bits per heavy atom. The van der Waals surface area contributed by atoms with Gasteiger partial charge in [0.05, 0.1) is 45.3 Å². The molecule has 6 N–H and O–H groups in total. The number of hydrogen-bond acceptors (Lipinski definition) is 15. The van der Waals surface area contributed by atoms with E-state index in [9.17, 15) is 33.5 Å². The number of aliphatic hydroxyl groups is 1. The number of nitrogens with one attached hydrogen (secondary N) is 3. The van der Waals surface area contributed by atoms with Crippen molar-refractivity contribution in [3.63, 3.8) is 0 Å². The van der Waals surface area contributed by atoms with E-state index < -0.39 is 52.9 Å². The van der Waals surface area contributed by atoms with E-state index in [4.69, 9.17) is 22.1 Å². The van der Waals surface area contributed by atoms with Crippen molar-refractivity contribution in [3.05, 3.63) is 70.6 Å². The number of likely N-dealkylation sites (tertiary alicyclic amines) is 1. The number of piperidine rings is 1. The second kappa shape index (κ2) is 23.2. The maximum absolute atomic E-state index is 14.7. The molecule has 74 heavy (non-hydrogen) atoms. The average Bonchev–Trinajstić information content (AvgIpc) is 3.78. The fraction of sp³-hybridized carbons (Fsp3) is 0.538. The predicted molar refractivity (Wildman–Crippen MR) is 283 cm³/mol. The number of rotatable bonds is 18. The van der Waals surface area contributed by atoms with Crippen LogP contribution in [-0.2, 0) is 30.5 Å². The topological polar surface area (TPSA) is 229 Å². The number of nitrogens with zero attached hydrogens (tertiary/aromatic N) is 7. The molecule has 0 bridgehead atoms. The summed E-state index contributed by atoms with van der Waals surface area (Å²) in [6, 6.07) is 8.90. The Hall–Kier alpha value is -5.45. The molecule has 398 valence electrons. The van der Waals surface area contributed by atoms with Gasteiger partial charge >= 0.3 is 0 Å². The minimum Gasteiger partial charge on any atom is -0.492 e. The molecule has 1 saturated carbocycles. The maximum Gasteiger partial charge on any atom is 0.258 e. The van der Waals surface area contributed by atoms with E-state index >= 15 is 0 Å². The number of aryl methyl sites for hydroxylation is 1. The van der Waals surface area contributed by atoms with Crippen molar-refractivity contribution in [2.24, 2.45) is 16.6 Å². The Morgan fingerprint density at radius 3 is 2.41 bits per heavy atom. The number of amides is 5. The number of ether oxygens (including phenoxy) is 1. The van der Waals surface area contributed by atoms with Crippen molar-refractivity contribution >= 4 is 75.7 Å². The zero-order valence-corrected chi connectivity index (χ0v) is 45.0. The number of alkyl halides is 1. The molecule has 3 aliphatic heterocycles. The highest BCUT2D eigenvalue weighted by molar-refractivity contribution is 7.99. The fourth-order valence-electron chi connectivity index (χ4n) is 9.33. The molecule has 8 rings (SSSR count). The molecule has 18 nitrogen and oxygen atoms in total. The second-order valence-corrected chi connectivity index (χ2v) is 23.5. The van der Waals surface area contributed by atoms with Crippen molar-refractivity contribution < 1.29 is 38.2 Å². The third kappa shape index (κ3) is 13.3. The summed E-state index contributed by atoms with van der Waals surface area (Å²) in [6.45, 7) is 14.6. The standard InChI is InChI=1S/C52H67ClFN11O7S2/c1-32-45(73-31-59-32)33-9-10-34(26-58-47(69)37-24-35(66)29-65(37)48(70)46(50(2,3)4)61-49(71)52(54)11-12-52)38(23-33)72-22-21-62-17-19-64(20-18-62)43(68)25-41(67)60-36-7-6-8-39(44(36)53)74-42-28-56-40(27-57-42)63-15-13-51(5,30-55)14-16-63/h6-10,23,27-28,31,35,37,46,66H,11-22,24-26,29-30,55H2,1-5H3,(H,58,69)(H,60,67)(H,61,71)/t35?,37?,46-/m1/s1. The quantitative estimate of drug-likeness (QED) is 0.0783. The van der Waals surface area contributed by atoms with Gasteiger partial charge in [0.1, 0.15) is 41.7 Å². The molecule has 3 atom stereocenters. The largest absolute Gasteiger partial charge is 0.492 e. The van der Waals surface area contributed by atoms with Crippen molar-refractivity contribution in [2.45, 2.75) is 113 Å². The molecule has 1 aliphatic carbocycles. The van der Waals surface area contributed by atoms with Gasteiger partial charge in [-0.3, -0.25) is 28.9 Å². The zero-order chi connectivity index (χ0) is 53.0. The third-order valence-electron chi connectivity index (χ3n) is 14.4. The SMILES string of the molecule is Cc1ncsc1-c1ccc(CNC(=O)C2CC(O)CN2C(=O)[C@@H](NC(=O)C2(F)CC2)C(C)(C)C)c(OCCN2CCN(C(=O)CC(=O)Nc3cccc(Sc4cnc(N5CCC(C)(CN)CC5)cn4)c3Cl)CC2)c1. The lowest BCUT2D eigenvalue weighted by molar-refractivity contribution is -0.145. The van der Waals surface area contributed by atoms with Crippen molar-refractivity contribution in [2.75, 3.05) is 75.7 Å². The van der Waals surface area contributed by atoms with Crippen LogP contribution in [0.4, 0.5) is 15.9 Å². The van der Waals surface area contributed by atoms with Crippen LogP contribution in [0, 0.1) is 17.8 Å². The Kier molecular flexibility index (Phi) is 17.2. The summed E-state index contributed by atoms with van der Waals surface area (Å²) in [7, 11) is 0. The summed E-state index contributed by atoms with van der Waals surface area (Å²) >= 11 is 9.61. The van der Waals surface area contributed by atoms with Crippen LogP contribution in [0.3, 0.4) is 0 Å². The summed E-state index contributed by atoms with van der Waals surface area (Å²) in [5.74, 6) is -1.29. The molecule has 0 spiro atoms. The Morgan fingerprint density at radius 1 is 1.01 bits per heavy atom. The number of nitrogens with two attached hydrogens (primary N) is 1. The van der Waals surface area contributed by atoms with E-state index in [1.54, 1.807) is 55.7 Å². The molecule has 5 amide bonds. The summed E-state index contributed by atoms with van der Waals surface area (Å²) in [6.07, 6.45) is 4.36. The minimum absolute atomic E-state index is 0.000373. The molecule has 4 fully saturated rings. The summed E-state index contributed by atoms with van der Waals surface area (Å²) < 4.78 is 21.1. The van der Waals surface area contributed by atoms with E-state index in [1.165, 1.54) is 28.0 Å². The zero-order valence-electron chi connectivity index (χ0n) is 42.6. The second-order valence-electron chi connectivity index (χ2n) is 21.2. The van der Waals surface area contributed by atoms with Crippen LogP contribution < -0.4 is 31.3 Å². The number of halogens is 2. The van der Waals surface area contributed by atoms with Gasteiger partial charge in [-0.1, -0.05) is 69.3 Å². The molecule has 3 saturated heterocycles. The average molecular weight is 1080 g/mol. The number of thiazole rings is 1. The number of aliphatic hydroxyl groups excluding tert-OH is 1. The van der Waals surface area contributed by atoms with Gasteiger partial charge in [-0.2, -0.15) is 0 Å². The van der Waals surface area contributed by atoms with Crippen LogP contribution in [0.2, 0.25) is 5.02 Å². The summed E-state index contributed by atoms with van der Waals surface area (Å²) in [5.41, 5.74) is 7.95. The number of carbonyl (C=O) groups excluding carboxylic acids is 5. The van der Waals surface area contributed by atoms with Crippen LogP contribution >= 0.6 is 34.7 Å². The molecule has 2 aromatic heterocycles. The highest BCUT2D eigenvalue weighted by atomic mass is 35.5.